The zero-order chi connectivity index (χ0) is 17.2. The molecule has 1 atom stereocenters. The Bertz CT molecular complexity index is 676. The van der Waals surface area contributed by atoms with Gasteiger partial charge in [-0.25, -0.2) is 0 Å². The van der Waals surface area contributed by atoms with Gasteiger partial charge in [-0.3, -0.25) is 4.79 Å². The van der Waals surface area contributed by atoms with Crippen LogP contribution in [-0.2, 0) is 4.79 Å². The monoisotopic (exact) mass is 379 g/mol. The maximum atomic E-state index is 13.3. The highest BCUT2D eigenvalue weighted by molar-refractivity contribution is 6.30. The molecule has 1 saturated carbocycles. The Morgan fingerprint density at radius 1 is 1.20 bits per heavy atom. The quantitative estimate of drug-likeness (QED) is 0.493. The topological polar surface area (TPSA) is 20.3 Å². The summed E-state index contributed by atoms with van der Waals surface area (Å²) in [6.45, 7) is 0.956. The van der Waals surface area contributed by atoms with Crippen LogP contribution in [-0.4, -0.2) is 31.3 Å². The summed E-state index contributed by atoms with van der Waals surface area (Å²) in [5.41, 5.74) is 3.18. The van der Waals surface area contributed by atoms with Gasteiger partial charge >= 0.3 is 0 Å². The van der Waals surface area contributed by atoms with E-state index in [1.807, 2.05) is 24.3 Å². The van der Waals surface area contributed by atoms with Gasteiger partial charge in [-0.1, -0.05) is 35.4 Å². The third-order valence-electron chi connectivity index (χ3n) is 5.40. The Kier molecular flexibility index (Phi) is 6.90. The minimum atomic E-state index is -0.251. The molecule has 25 heavy (non-hydrogen) atoms. The molecule has 4 heteroatoms. The molecule has 0 heterocycles. The molecule has 136 valence electrons. The van der Waals surface area contributed by atoms with Gasteiger partial charge in [0.2, 0.25) is 0 Å². The van der Waals surface area contributed by atoms with E-state index in [9.17, 15) is 4.79 Å². The second-order valence-electron chi connectivity index (χ2n) is 7.31. The molecule has 0 bridgehead atoms. The third kappa shape index (κ3) is 4.36. The van der Waals surface area contributed by atoms with Crippen LogP contribution in [0.15, 0.2) is 41.5 Å². The average Bonchev–Trinajstić information content (AvgIpc) is 3.19. The number of Topliss-reactive ketones (excluding diaryl/α,β-unsaturated/α-hetero) is 1. The summed E-state index contributed by atoms with van der Waals surface area (Å²) < 4.78 is 0. The van der Waals surface area contributed by atoms with Crippen molar-refractivity contribution in [3.63, 3.8) is 0 Å². The van der Waals surface area contributed by atoms with E-state index < -0.39 is 0 Å². The van der Waals surface area contributed by atoms with Gasteiger partial charge in [0.1, 0.15) is 0 Å². The van der Waals surface area contributed by atoms with E-state index in [0.29, 0.717) is 5.78 Å². The fraction of sp³-hybridized carbons (Fsp3) is 0.476. The van der Waals surface area contributed by atoms with Crippen LogP contribution in [0.3, 0.4) is 0 Å². The summed E-state index contributed by atoms with van der Waals surface area (Å²) in [5.74, 6) is 0.354. The van der Waals surface area contributed by atoms with Crippen molar-refractivity contribution in [3.05, 3.63) is 52.1 Å². The average molecular weight is 380 g/mol. The number of nitrogens with zero attached hydrogens (tertiary/aromatic N) is 1. The summed E-state index contributed by atoms with van der Waals surface area (Å²) in [4.78, 5) is 15.5. The first-order valence-electron chi connectivity index (χ1n) is 8.86. The molecule has 0 aliphatic heterocycles. The predicted octanol–water partition coefficient (Wildman–Crippen LogP) is 5.56. The molecule has 2 aliphatic carbocycles. The third-order valence-corrected chi connectivity index (χ3v) is 5.65. The lowest BCUT2D eigenvalue weighted by atomic mass is 9.74. The van der Waals surface area contributed by atoms with Crippen LogP contribution >= 0.6 is 24.0 Å². The summed E-state index contributed by atoms with van der Waals surface area (Å²) >= 11 is 5.96. The van der Waals surface area contributed by atoms with Crippen LogP contribution in [0.2, 0.25) is 5.02 Å². The molecule has 1 aromatic rings. The fourth-order valence-corrected chi connectivity index (χ4v) is 4.13. The van der Waals surface area contributed by atoms with Crippen molar-refractivity contribution in [1.82, 2.24) is 4.90 Å². The molecule has 0 spiro atoms. The Morgan fingerprint density at radius 3 is 2.52 bits per heavy atom. The number of hydrogen-bond acceptors (Lipinski definition) is 2. The Balaban J connectivity index is 0.00000225. The maximum Gasteiger partial charge on any atom is 0.169 e. The number of rotatable bonds is 5. The molecule has 0 aromatic heterocycles. The molecular weight excluding hydrogens is 353 g/mol. The fourth-order valence-electron chi connectivity index (χ4n) is 4.01. The van der Waals surface area contributed by atoms with Gasteiger partial charge in [-0.05, 0) is 88.5 Å². The molecule has 1 unspecified atom stereocenters. The van der Waals surface area contributed by atoms with Crippen molar-refractivity contribution in [3.8, 4) is 0 Å². The molecular formula is C21H27Cl2NO. The SMILES string of the molecule is CN(C)CCC1(C2=CCCC2)CCC(=Cc2ccc(Cl)cc2)C1=O.Cl. The highest BCUT2D eigenvalue weighted by Crippen LogP contribution is 2.50. The van der Waals surface area contributed by atoms with E-state index in [0.717, 1.165) is 54.8 Å². The smallest absolute Gasteiger partial charge is 0.169 e. The van der Waals surface area contributed by atoms with Crippen LogP contribution in [0.25, 0.3) is 6.08 Å². The maximum absolute atomic E-state index is 13.3. The van der Waals surface area contributed by atoms with Crippen LogP contribution in [0.5, 0.6) is 0 Å². The molecule has 1 aromatic carbocycles. The molecule has 0 amide bonds. The predicted molar refractivity (Wildman–Crippen MR) is 108 cm³/mol. The van der Waals surface area contributed by atoms with Gasteiger partial charge in [0.15, 0.2) is 5.78 Å². The number of ketones is 1. The summed E-state index contributed by atoms with van der Waals surface area (Å²) in [6, 6.07) is 7.73. The molecule has 0 radical (unpaired) electrons. The lowest BCUT2D eigenvalue weighted by Gasteiger charge is -2.30. The molecule has 0 saturated heterocycles. The van der Waals surface area contributed by atoms with Gasteiger partial charge in [-0.15, -0.1) is 12.4 Å². The highest BCUT2D eigenvalue weighted by atomic mass is 35.5. The summed E-state index contributed by atoms with van der Waals surface area (Å²) in [6.07, 6.45) is 10.6. The van der Waals surface area contributed by atoms with E-state index >= 15 is 0 Å². The first kappa shape index (κ1) is 20.2. The number of benzene rings is 1. The number of hydrogen-bond donors (Lipinski definition) is 0. The molecule has 2 nitrogen and oxygen atoms in total. The molecule has 0 N–H and O–H groups in total. The summed E-state index contributed by atoms with van der Waals surface area (Å²) in [5, 5.41) is 0.728. The zero-order valence-electron chi connectivity index (χ0n) is 15.1. The number of allylic oxidation sites excluding steroid dienone is 3. The molecule has 3 rings (SSSR count). The Morgan fingerprint density at radius 2 is 1.92 bits per heavy atom. The van der Waals surface area contributed by atoms with Crippen molar-refractivity contribution in [2.45, 2.75) is 38.5 Å². The number of halogens is 2. The highest BCUT2D eigenvalue weighted by Gasteiger charge is 2.47. The van der Waals surface area contributed by atoms with Gasteiger partial charge in [0, 0.05) is 5.02 Å². The Labute approximate surface area is 162 Å². The lowest BCUT2D eigenvalue weighted by Crippen LogP contribution is -2.32. The van der Waals surface area contributed by atoms with E-state index in [2.05, 4.69) is 31.1 Å². The van der Waals surface area contributed by atoms with Crippen molar-refractivity contribution < 1.29 is 4.79 Å². The van der Waals surface area contributed by atoms with Crippen molar-refractivity contribution in [2.24, 2.45) is 5.41 Å². The van der Waals surface area contributed by atoms with Crippen LogP contribution in [0, 0.1) is 5.41 Å². The van der Waals surface area contributed by atoms with Crippen LogP contribution < -0.4 is 0 Å². The van der Waals surface area contributed by atoms with Gasteiger partial charge < -0.3 is 4.90 Å². The standard InChI is InChI=1S/C21H26ClNO.ClH/c1-23(2)14-13-21(18-5-3-4-6-18)12-11-17(20(21)24)15-16-7-9-19(22)10-8-16;/h5,7-10,15H,3-4,6,11-14H2,1-2H3;1H. The second kappa shape index (κ2) is 8.53. The van der Waals surface area contributed by atoms with E-state index in [4.69, 9.17) is 11.6 Å². The number of carbonyl (C=O) groups is 1. The van der Waals surface area contributed by atoms with Crippen LogP contribution in [0.4, 0.5) is 0 Å². The van der Waals surface area contributed by atoms with Crippen LogP contribution in [0.1, 0.15) is 44.1 Å². The first-order chi connectivity index (χ1) is 11.5. The first-order valence-corrected chi connectivity index (χ1v) is 9.24. The number of carbonyl (C=O) groups excluding carboxylic acids is 1. The van der Waals surface area contributed by atoms with E-state index in [1.165, 1.54) is 12.0 Å². The van der Waals surface area contributed by atoms with E-state index in [1.54, 1.807) is 0 Å². The Hall–Kier alpha value is -1.09. The summed E-state index contributed by atoms with van der Waals surface area (Å²) in [7, 11) is 4.17. The molecule has 1 fully saturated rings. The van der Waals surface area contributed by atoms with E-state index in [-0.39, 0.29) is 17.8 Å². The molecule has 2 aliphatic rings. The van der Waals surface area contributed by atoms with Crippen molar-refractivity contribution in [2.75, 3.05) is 20.6 Å². The van der Waals surface area contributed by atoms with Gasteiger partial charge in [-0.2, -0.15) is 0 Å². The minimum absolute atomic E-state index is 0. The normalized spacial score (nSPS) is 24.7. The minimum Gasteiger partial charge on any atom is -0.309 e. The van der Waals surface area contributed by atoms with Gasteiger partial charge in [0.25, 0.3) is 0 Å². The zero-order valence-corrected chi connectivity index (χ0v) is 16.6. The van der Waals surface area contributed by atoms with Crippen molar-refractivity contribution >= 4 is 35.9 Å². The second-order valence-corrected chi connectivity index (χ2v) is 7.74. The van der Waals surface area contributed by atoms with Gasteiger partial charge in [0.05, 0.1) is 5.41 Å². The largest absolute Gasteiger partial charge is 0.309 e. The van der Waals surface area contributed by atoms with Crippen molar-refractivity contribution in [1.29, 1.82) is 0 Å². The lowest BCUT2D eigenvalue weighted by molar-refractivity contribution is -0.121.